The average molecular weight is 430 g/mol. The lowest BCUT2D eigenvalue weighted by Crippen LogP contribution is -2.56. The van der Waals surface area contributed by atoms with Crippen LogP contribution in [0.1, 0.15) is 91.9 Å². The van der Waals surface area contributed by atoms with Gasteiger partial charge in [0.15, 0.2) is 5.78 Å². The van der Waals surface area contributed by atoms with Crippen LogP contribution in [0, 0.1) is 40.4 Å². The molecule has 0 aromatic rings. The number of rotatable bonds is 2. The summed E-state index contributed by atoms with van der Waals surface area (Å²) in [5.41, 5.74) is 0.146. The number of nitrogens with zero attached hydrogens (tertiary/aromatic N) is 1. The lowest BCUT2D eigenvalue weighted by Gasteiger charge is -2.61. The van der Waals surface area contributed by atoms with Crippen molar-refractivity contribution < 1.29 is 14.3 Å². The molecule has 1 saturated heterocycles. The Morgan fingerprint density at radius 3 is 2.48 bits per heavy atom. The first-order valence-corrected chi connectivity index (χ1v) is 13.2. The number of ether oxygens (including phenoxy) is 1. The van der Waals surface area contributed by atoms with E-state index in [0.29, 0.717) is 29.5 Å². The Balaban J connectivity index is 1.39. The monoisotopic (exact) mass is 429 g/mol. The molecule has 4 nitrogen and oxygen atoms in total. The molecule has 1 heterocycles. The van der Waals surface area contributed by atoms with Gasteiger partial charge in [0.25, 0.3) is 0 Å². The topological polar surface area (TPSA) is 46.6 Å². The van der Waals surface area contributed by atoms with Crippen LogP contribution in [0.25, 0.3) is 0 Å². The molecule has 5 fully saturated rings. The number of likely N-dealkylation sites (tertiary alicyclic amines) is 1. The molecule has 5 rings (SSSR count). The number of hydrogen-bond donors (Lipinski definition) is 0. The summed E-state index contributed by atoms with van der Waals surface area (Å²) in [5.74, 6) is 3.55. The van der Waals surface area contributed by atoms with E-state index in [1.807, 2.05) is 0 Å². The van der Waals surface area contributed by atoms with E-state index in [9.17, 15) is 9.59 Å². The van der Waals surface area contributed by atoms with E-state index in [2.05, 4.69) is 25.7 Å². The number of fused-ring (bicyclic) bond motifs is 5. The molecule has 4 aliphatic carbocycles. The van der Waals surface area contributed by atoms with Gasteiger partial charge in [-0.2, -0.15) is 0 Å². The van der Waals surface area contributed by atoms with Crippen molar-refractivity contribution >= 4 is 11.8 Å². The molecule has 31 heavy (non-hydrogen) atoms. The van der Waals surface area contributed by atoms with Crippen molar-refractivity contribution in [3.05, 3.63) is 0 Å². The molecule has 0 radical (unpaired) electrons. The zero-order chi connectivity index (χ0) is 22.0. The molecular weight excluding hydrogens is 386 g/mol. The van der Waals surface area contributed by atoms with Crippen LogP contribution >= 0.6 is 0 Å². The molecule has 0 spiro atoms. The van der Waals surface area contributed by atoms with Crippen LogP contribution in [-0.2, 0) is 14.3 Å². The number of hydrogen-bond acceptors (Lipinski definition) is 4. The zero-order valence-electron chi connectivity index (χ0n) is 20.2. The number of carbonyl (C=O) groups excluding carboxylic acids is 2. The SMILES string of the molecule is CC(=O)O[C@H]1C[C@@]2(C)[C@@H](CC[C@@H]3[C@@H]2CC[C@]2(C)C(=O)[C@@H](N4CCCCC4)C[C@@H]32)C[C@H]1C. The smallest absolute Gasteiger partial charge is 0.302 e. The van der Waals surface area contributed by atoms with E-state index in [-0.39, 0.29) is 28.9 Å². The maximum Gasteiger partial charge on any atom is 0.302 e. The Morgan fingerprint density at radius 2 is 1.77 bits per heavy atom. The predicted octanol–water partition coefficient (Wildman–Crippen LogP) is 5.24. The number of ketones is 1. The summed E-state index contributed by atoms with van der Waals surface area (Å²) in [6.45, 7) is 10.9. The van der Waals surface area contributed by atoms with E-state index in [1.165, 1.54) is 44.9 Å². The third-order valence-electron chi connectivity index (χ3n) is 10.9. The predicted molar refractivity (Wildman–Crippen MR) is 121 cm³/mol. The fourth-order valence-electron chi connectivity index (χ4n) is 9.18. The number of piperidine rings is 1. The van der Waals surface area contributed by atoms with Crippen molar-refractivity contribution in [2.75, 3.05) is 13.1 Å². The summed E-state index contributed by atoms with van der Waals surface area (Å²) in [4.78, 5) is 28.0. The van der Waals surface area contributed by atoms with Crippen LogP contribution in [0.4, 0.5) is 0 Å². The Labute approximate surface area is 188 Å². The molecule has 0 bridgehead atoms. The average Bonchev–Trinajstić information content (AvgIpc) is 3.00. The van der Waals surface area contributed by atoms with Gasteiger partial charge in [0.1, 0.15) is 6.10 Å². The summed E-state index contributed by atoms with van der Waals surface area (Å²) >= 11 is 0. The van der Waals surface area contributed by atoms with E-state index >= 15 is 0 Å². The van der Waals surface area contributed by atoms with Gasteiger partial charge in [-0.05, 0) is 106 Å². The highest BCUT2D eigenvalue weighted by Crippen LogP contribution is 2.66. The number of esters is 1. The molecule has 174 valence electrons. The lowest BCUT2D eigenvalue weighted by molar-refractivity contribution is -0.171. The van der Waals surface area contributed by atoms with Crippen LogP contribution in [0.15, 0.2) is 0 Å². The summed E-state index contributed by atoms with van der Waals surface area (Å²) in [6, 6.07) is 0.180. The van der Waals surface area contributed by atoms with E-state index < -0.39 is 0 Å². The van der Waals surface area contributed by atoms with Crippen LogP contribution in [0.5, 0.6) is 0 Å². The molecule has 4 heteroatoms. The van der Waals surface area contributed by atoms with Gasteiger partial charge in [-0.25, -0.2) is 0 Å². The van der Waals surface area contributed by atoms with Gasteiger partial charge < -0.3 is 4.74 Å². The molecule has 0 amide bonds. The second kappa shape index (κ2) is 7.85. The van der Waals surface area contributed by atoms with Gasteiger partial charge in [-0.15, -0.1) is 0 Å². The van der Waals surface area contributed by atoms with Crippen molar-refractivity contribution in [2.45, 2.75) is 104 Å². The molecule has 0 aromatic heterocycles. The molecule has 0 unspecified atom stereocenters. The largest absolute Gasteiger partial charge is 0.462 e. The summed E-state index contributed by atoms with van der Waals surface area (Å²) in [5, 5.41) is 0. The summed E-state index contributed by atoms with van der Waals surface area (Å²) in [6.07, 6.45) is 12.1. The van der Waals surface area contributed by atoms with Gasteiger partial charge in [0.2, 0.25) is 0 Å². The van der Waals surface area contributed by atoms with E-state index in [0.717, 1.165) is 38.3 Å². The van der Waals surface area contributed by atoms with Crippen LogP contribution in [-0.4, -0.2) is 41.9 Å². The maximum atomic E-state index is 13.7. The fraction of sp³-hybridized carbons (Fsp3) is 0.926. The fourth-order valence-corrected chi connectivity index (χ4v) is 9.18. The first kappa shape index (κ1) is 21.9. The third-order valence-corrected chi connectivity index (χ3v) is 10.9. The van der Waals surface area contributed by atoms with Crippen LogP contribution in [0.2, 0.25) is 0 Å². The Kier molecular flexibility index (Phi) is 5.55. The van der Waals surface area contributed by atoms with Crippen molar-refractivity contribution in [3.8, 4) is 0 Å². The quantitative estimate of drug-likeness (QED) is 0.563. The number of carbonyl (C=O) groups is 2. The van der Waals surface area contributed by atoms with Crippen molar-refractivity contribution in [2.24, 2.45) is 40.4 Å². The van der Waals surface area contributed by atoms with Crippen molar-refractivity contribution in [3.63, 3.8) is 0 Å². The molecule has 4 saturated carbocycles. The second-order valence-electron chi connectivity index (χ2n) is 12.4. The van der Waals surface area contributed by atoms with E-state index in [1.54, 1.807) is 6.92 Å². The highest BCUT2D eigenvalue weighted by atomic mass is 16.5. The standard InChI is InChI=1S/C27H43NO3/c1-17-14-19-8-9-20-21(27(19,4)16-24(17)31-18(2)29)10-11-26(3)22(20)15-23(25(26)30)28-12-6-5-7-13-28/h17,19-24H,5-16H2,1-4H3/t17-,19+,20-,21+,22+,23+,24+,26+,27+/m1/s1. The lowest BCUT2D eigenvalue weighted by atomic mass is 9.44. The summed E-state index contributed by atoms with van der Waals surface area (Å²) < 4.78 is 5.82. The van der Waals surface area contributed by atoms with Gasteiger partial charge in [-0.3, -0.25) is 14.5 Å². The molecule has 9 atom stereocenters. The van der Waals surface area contributed by atoms with Gasteiger partial charge in [-0.1, -0.05) is 27.2 Å². The Morgan fingerprint density at radius 1 is 1.03 bits per heavy atom. The normalized spacial score (nSPS) is 50.3. The van der Waals surface area contributed by atoms with Gasteiger partial charge in [0.05, 0.1) is 6.04 Å². The maximum absolute atomic E-state index is 13.7. The molecule has 0 N–H and O–H groups in total. The molecule has 0 aromatic carbocycles. The zero-order valence-corrected chi connectivity index (χ0v) is 20.2. The highest BCUT2D eigenvalue weighted by Gasteiger charge is 2.63. The van der Waals surface area contributed by atoms with Crippen LogP contribution in [0.3, 0.4) is 0 Å². The van der Waals surface area contributed by atoms with Crippen molar-refractivity contribution in [1.29, 1.82) is 0 Å². The van der Waals surface area contributed by atoms with Crippen molar-refractivity contribution in [1.82, 2.24) is 4.90 Å². The first-order valence-electron chi connectivity index (χ1n) is 13.2. The van der Waals surface area contributed by atoms with Gasteiger partial charge in [0, 0.05) is 12.3 Å². The Hall–Kier alpha value is -0.900. The minimum atomic E-state index is -0.131. The highest BCUT2D eigenvalue weighted by molar-refractivity contribution is 5.92. The molecular formula is C27H43NO3. The van der Waals surface area contributed by atoms with Crippen LogP contribution < -0.4 is 0 Å². The first-order chi connectivity index (χ1) is 14.7. The third kappa shape index (κ3) is 3.42. The minimum Gasteiger partial charge on any atom is -0.462 e. The number of Topliss-reactive ketones (excluding diaryl/α,β-unsaturated/α-hetero) is 1. The molecule has 1 aliphatic heterocycles. The second-order valence-corrected chi connectivity index (χ2v) is 12.4. The van der Waals surface area contributed by atoms with E-state index in [4.69, 9.17) is 4.74 Å². The molecule has 5 aliphatic rings. The Bertz CT molecular complexity index is 730. The minimum absolute atomic E-state index is 0.0668. The summed E-state index contributed by atoms with van der Waals surface area (Å²) in [7, 11) is 0. The van der Waals surface area contributed by atoms with Gasteiger partial charge >= 0.3 is 5.97 Å².